The maximum absolute atomic E-state index is 10.3. The number of hydrogen-bond donors (Lipinski definition) is 1. The maximum Gasteiger partial charge on any atom is 0.124 e. The Kier molecular flexibility index (Phi) is 4.58. The van der Waals surface area contributed by atoms with Crippen molar-refractivity contribution in [1.82, 2.24) is 4.90 Å². The standard InChI is InChI=1S/C14H21NO3/c1-11-3-4-14(17-2)12(9-11)13(16)10-15-5-7-18-8-6-15/h3-4,9,13,16H,5-8,10H2,1-2H3. The van der Waals surface area contributed by atoms with Crippen LogP contribution in [0.5, 0.6) is 5.75 Å². The molecule has 18 heavy (non-hydrogen) atoms. The molecule has 0 aromatic heterocycles. The molecule has 0 radical (unpaired) electrons. The van der Waals surface area contributed by atoms with E-state index in [-0.39, 0.29) is 0 Å². The Morgan fingerprint density at radius 1 is 1.39 bits per heavy atom. The van der Waals surface area contributed by atoms with Crippen LogP contribution in [0.25, 0.3) is 0 Å². The quantitative estimate of drug-likeness (QED) is 0.877. The number of β-amino-alcohol motifs (C(OH)–C–C–N with tert-alkyl or cyclic N) is 1. The Hall–Kier alpha value is -1.10. The molecule has 0 spiro atoms. The number of ether oxygens (including phenoxy) is 2. The minimum atomic E-state index is -0.516. The molecule has 0 amide bonds. The van der Waals surface area contributed by atoms with E-state index in [1.54, 1.807) is 7.11 Å². The van der Waals surface area contributed by atoms with Gasteiger partial charge in [0.25, 0.3) is 0 Å². The molecule has 4 nitrogen and oxygen atoms in total. The van der Waals surface area contributed by atoms with Crippen molar-refractivity contribution in [2.75, 3.05) is 40.0 Å². The molecule has 1 heterocycles. The Bertz CT molecular complexity index is 389. The predicted octanol–water partition coefficient (Wildman–Crippen LogP) is 1.37. The van der Waals surface area contributed by atoms with Crippen molar-refractivity contribution in [3.05, 3.63) is 29.3 Å². The van der Waals surface area contributed by atoms with E-state index in [9.17, 15) is 5.11 Å². The van der Waals surface area contributed by atoms with Crippen LogP contribution in [-0.2, 0) is 4.74 Å². The molecule has 1 N–H and O–H groups in total. The summed E-state index contributed by atoms with van der Waals surface area (Å²) < 4.78 is 10.6. The smallest absolute Gasteiger partial charge is 0.124 e. The molecular formula is C14H21NO3. The highest BCUT2D eigenvalue weighted by Crippen LogP contribution is 2.27. The summed E-state index contributed by atoms with van der Waals surface area (Å²) in [5.41, 5.74) is 2.00. The SMILES string of the molecule is COc1ccc(C)cc1C(O)CN1CCOCC1. The summed E-state index contributed by atoms with van der Waals surface area (Å²) in [6.07, 6.45) is -0.516. The van der Waals surface area contributed by atoms with Crippen molar-refractivity contribution in [2.24, 2.45) is 0 Å². The molecule has 1 aromatic carbocycles. The number of methoxy groups -OCH3 is 1. The number of hydrogen-bond acceptors (Lipinski definition) is 4. The van der Waals surface area contributed by atoms with E-state index in [2.05, 4.69) is 4.90 Å². The zero-order valence-electron chi connectivity index (χ0n) is 11.1. The van der Waals surface area contributed by atoms with Crippen molar-refractivity contribution < 1.29 is 14.6 Å². The minimum Gasteiger partial charge on any atom is -0.496 e. The van der Waals surface area contributed by atoms with Crippen LogP contribution in [0, 0.1) is 6.92 Å². The first-order valence-electron chi connectivity index (χ1n) is 6.33. The summed E-state index contributed by atoms with van der Waals surface area (Å²) in [6.45, 7) is 5.90. The lowest BCUT2D eigenvalue weighted by Gasteiger charge is -2.29. The molecule has 0 bridgehead atoms. The summed E-state index contributed by atoms with van der Waals surface area (Å²) in [4.78, 5) is 2.22. The van der Waals surface area contributed by atoms with Crippen LogP contribution in [0.4, 0.5) is 0 Å². The second-order valence-electron chi connectivity index (χ2n) is 4.67. The van der Waals surface area contributed by atoms with E-state index in [0.717, 1.165) is 43.2 Å². The number of aliphatic hydroxyl groups is 1. The van der Waals surface area contributed by atoms with E-state index in [1.807, 2.05) is 25.1 Å². The number of nitrogens with zero attached hydrogens (tertiary/aromatic N) is 1. The first-order chi connectivity index (χ1) is 8.70. The molecule has 1 aromatic rings. The fourth-order valence-corrected chi connectivity index (χ4v) is 2.24. The van der Waals surface area contributed by atoms with Gasteiger partial charge in [-0.05, 0) is 19.1 Å². The van der Waals surface area contributed by atoms with Gasteiger partial charge in [-0.25, -0.2) is 0 Å². The zero-order chi connectivity index (χ0) is 13.0. The number of aliphatic hydroxyl groups excluding tert-OH is 1. The highest BCUT2D eigenvalue weighted by atomic mass is 16.5. The summed E-state index contributed by atoms with van der Waals surface area (Å²) >= 11 is 0. The summed E-state index contributed by atoms with van der Waals surface area (Å²) in [5, 5.41) is 10.3. The molecule has 1 saturated heterocycles. The monoisotopic (exact) mass is 251 g/mol. The van der Waals surface area contributed by atoms with Gasteiger partial charge in [-0.2, -0.15) is 0 Å². The molecule has 0 saturated carbocycles. The minimum absolute atomic E-state index is 0.516. The Morgan fingerprint density at radius 2 is 2.11 bits per heavy atom. The van der Waals surface area contributed by atoms with Crippen molar-refractivity contribution in [1.29, 1.82) is 0 Å². The fourth-order valence-electron chi connectivity index (χ4n) is 2.24. The molecule has 0 aliphatic carbocycles. The van der Waals surface area contributed by atoms with E-state index in [1.165, 1.54) is 0 Å². The van der Waals surface area contributed by atoms with Gasteiger partial charge in [0.05, 0.1) is 26.4 Å². The zero-order valence-corrected chi connectivity index (χ0v) is 11.1. The van der Waals surface area contributed by atoms with Gasteiger partial charge in [-0.3, -0.25) is 4.90 Å². The van der Waals surface area contributed by atoms with Gasteiger partial charge < -0.3 is 14.6 Å². The molecular weight excluding hydrogens is 230 g/mol. The molecule has 1 aliphatic heterocycles. The number of rotatable bonds is 4. The molecule has 1 aliphatic rings. The topological polar surface area (TPSA) is 41.9 Å². The van der Waals surface area contributed by atoms with E-state index < -0.39 is 6.10 Å². The number of aryl methyl sites for hydroxylation is 1. The average Bonchev–Trinajstić information content (AvgIpc) is 2.40. The van der Waals surface area contributed by atoms with Gasteiger partial charge >= 0.3 is 0 Å². The van der Waals surface area contributed by atoms with Crippen LogP contribution in [0.2, 0.25) is 0 Å². The largest absolute Gasteiger partial charge is 0.496 e. The van der Waals surface area contributed by atoms with E-state index in [4.69, 9.17) is 9.47 Å². The lowest BCUT2D eigenvalue weighted by atomic mass is 10.0. The van der Waals surface area contributed by atoms with Crippen molar-refractivity contribution in [3.63, 3.8) is 0 Å². The first kappa shape index (κ1) is 13.3. The van der Waals surface area contributed by atoms with Gasteiger partial charge in [0.15, 0.2) is 0 Å². The van der Waals surface area contributed by atoms with Crippen LogP contribution in [0.3, 0.4) is 0 Å². The Labute approximate surface area is 108 Å². The summed E-state index contributed by atoms with van der Waals surface area (Å²) in [5.74, 6) is 0.751. The number of benzene rings is 1. The first-order valence-corrected chi connectivity index (χ1v) is 6.33. The Morgan fingerprint density at radius 3 is 2.78 bits per heavy atom. The van der Waals surface area contributed by atoms with E-state index >= 15 is 0 Å². The van der Waals surface area contributed by atoms with Crippen LogP contribution in [0.15, 0.2) is 18.2 Å². The highest BCUT2D eigenvalue weighted by Gasteiger charge is 2.19. The second-order valence-corrected chi connectivity index (χ2v) is 4.67. The lowest BCUT2D eigenvalue weighted by molar-refractivity contribution is 0.0139. The van der Waals surface area contributed by atoms with E-state index in [0.29, 0.717) is 6.54 Å². The average molecular weight is 251 g/mol. The van der Waals surface area contributed by atoms with Gasteiger partial charge in [-0.15, -0.1) is 0 Å². The third-order valence-electron chi connectivity index (χ3n) is 3.28. The Balaban J connectivity index is 2.07. The summed E-state index contributed by atoms with van der Waals surface area (Å²) in [6, 6.07) is 5.89. The fraction of sp³-hybridized carbons (Fsp3) is 0.571. The van der Waals surface area contributed by atoms with Crippen LogP contribution >= 0.6 is 0 Å². The molecule has 1 atom stereocenters. The predicted molar refractivity (Wildman–Crippen MR) is 69.9 cm³/mol. The molecule has 1 unspecified atom stereocenters. The normalized spacial score (nSPS) is 18.6. The van der Waals surface area contributed by atoms with Crippen molar-refractivity contribution in [2.45, 2.75) is 13.0 Å². The highest BCUT2D eigenvalue weighted by molar-refractivity contribution is 5.38. The van der Waals surface area contributed by atoms with Crippen molar-refractivity contribution >= 4 is 0 Å². The third kappa shape index (κ3) is 3.22. The van der Waals surface area contributed by atoms with Gasteiger partial charge in [-0.1, -0.05) is 11.6 Å². The third-order valence-corrected chi connectivity index (χ3v) is 3.28. The van der Waals surface area contributed by atoms with Gasteiger partial charge in [0, 0.05) is 25.2 Å². The lowest BCUT2D eigenvalue weighted by Crippen LogP contribution is -2.38. The molecule has 4 heteroatoms. The van der Waals surface area contributed by atoms with Gasteiger partial charge in [0.2, 0.25) is 0 Å². The summed E-state index contributed by atoms with van der Waals surface area (Å²) in [7, 11) is 1.63. The second kappa shape index (κ2) is 6.18. The van der Waals surface area contributed by atoms with Crippen LogP contribution < -0.4 is 4.74 Å². The number of morpholine rings is 1. The van der Waals surface area contributed by atoms with Crippen LogP contribution in [-0.4, -0.2) is 50.0 Å². The van der Waals surface area contributed by atoms with Crippen molar-refractivity contribution in [3.8, 4) is 5.75 Å². The van der Waals surface area contributed by atoms with Crippen LogP contribution in [0.1, 0.15) is 17.2 Å². The maximum atomic E-state index is 10.3. The molecule has 1 fully saturated rings. The molecule has 2 rings (SSSR count). The van der Waals surface area contributed by atoms with Gasteiger partial charge in [0.1, 0.15) is 5.75 Å². The molecule has 100 valence electrons.